The molecule has 0 spiro atoms. The highest BCUT2D eigenvalue weighted by Gasteiger charge is 2.21. The molecule has 1 aliphatic heterocycles. The number of benzene rings is 3. The zero-order chi connectivity index (χ0) is 24.2. The monoisotopic (exact) mass is 502 g/mol. The molecule has 2 heterocycles. The molecule has 1 fully saturated rings. The van der Waals surface area contributed by atoms with Gasteiger partial charge in [-0.3, -0.25) is 9.59 Å². The molecule has 0 atom stereocenters. The first kappa shape index (κ1) is 23.4. The van der Waals surface area contributed by atoms with E-state index < -0.39 is 0 Å². The van der Waals surface area contributed by atoms with E-state index in [1.54, 1.807) is 17.4 Å². The zero-order valence-electron chi connectivity index (χ0n) is 19.4. The highest BCUT2D eigenvalue weighted by molar-refractivity contribution is 8.01. The highest BCUT2D eigenvalue weighted by Crippen LogP contribution is 2.31. The Bertz CT molecular complexity index is 1350. The number of para-hydroxylation sites is 1. The van der Waals surface area contributed by atoms with Crippen LogP contribution in [0.1, 0.15) is 15.9 Å². The van der Waals surface area contributed by atoms with E-state index in [-0.39, 0.29) is 11.8 Å². The van der Waals surface area contributed by atoms with Crippen molar-refractivity contribution in [2.75, 3.05) is 42.1 Å². The Morgan fingerprint density at radius 1 is 0.971 bits per heavy atom. The molecule has 178 valence electrons. The predicted octanol–water partition coefficient (Wildman–Crippen LogP) is 5.30. The first-order valence-electron chi connectivity index (χ1n) is 11.5. The van der Waals surface area contributed by atoms with Crippen molar-refractivity contribution in [3.63, 3.8) is 0 Å². The van der Waals surface area contributed by atoms with E-state index in [9.17, 15) is 9.59 Å². The topological polar surface area (TPSA) is 65.5 Å². The molecule has 0 bridgehead atoms. The second-order valence-corrected chi connectivity index (χ2v) is 10.7. The minimum atomic E-state index is -0.134. The van der Waals surface area contributed by atoms with Crippen molar-refractivity contribution in [2.24, 2.45) is 0 Å². The molecule has 0 unspecified atom stereocenters. The molecule has 3 aromatic carbocycles. The van der Waals surface area contributed by atoms with E-state index in [0.29, 0.717) is 11.3 Å². The van der Waals surface area contributed by atoms with Crippen LogP contribution in [0.5, 0.6) is 0 Å². The molecule has 0 saturated carbocycles. The number of carbonyl (C=O) groups excluding carboxylic acids is 2. The number of nitrogens with zero attached hydrogens (tertiary/aromatic N) is 3. The molecule has 1 aliphatic rings. The summed E-state index contributed by atoms with van der Waals surface area (Å²) in [5.41, 5.74) is 4.49. The Balaban J connectivity index is 1.16. The number of aryl methyl sites for hydroxylation is 1. The number of thiazole rings is 1. The number of anilines is 2. The van der Waals surface area contributed by atoms with Gasteiger partial charge in [0, 0.05) is 43.1 Å². The van der Waals surface area contributed by atoms with Gasteiger partial charge in [-0.2, -0.15) is 0 Å². The number of aromatic nitrogens is 1. The number of fused-ring (bicyclic) bond motifs is 1. The van der Waals surface area contributed by atoms with E-state index in [1.165, 1.54) is 17.4 Å². The summed E-state index contributed by atoms with van der Waals surface area (Å²) in [6.07, 6.45) is 0. The normalized spacial score (nSPS) is 13.7. The van der Waals surface area contributed by atoms with Gasteiger partial charge in [0.2, 0.25) is 5.91 Å². The smallest absolute Gasteiger partial charge is 0.255 e. The zero-order valence-corrected chi connectivity index (χ0v) is 21.1. The van der Waals surface area contributed by atoms with Crippen molar-refractivity contribution in [2.45, 2.75) is 11.3 Å². The molecular weight excluding hydrogens is 476 g/mol. The lowest BCUT2D eigenvalue weighted by Gasteiger charge is -2.36. The fourth-order valence-electron chi connectivity index (χ4n) is 4.10. The van der Waals surface area contributed by atoms with Crippen molar-refractivity contribution in [1.82, 2.24) is 9.88 Å². The van der Waals surface area contributed by atoms with Crippen molar-refractivity contribution >= 4 is 56.5 Å². The lowest BCUT2D eigenvalue weighted by Crippen LogP contribution is -2.49. The van der Waals surface area contributed by atoms with Crippen LogP contribution in [0.2, 0.25) is 0 Å². The van der Waals surface area contributed by atoms with Gasteiger partial charge < -0.3 is 15.1 Å². The molecule has 1 N–H and O–H groups in total. The number of carbonyl (C=O) groups is 2. The van der Waals surface area contributed by atoms with Crippen LogP contribution < -0.4 is 10.2 Å². The lowest BCUT2D eigenvalue weighted by molar-refractivity contribution is -0.128. The maximum absolute atomic E-state index is 12.8. The first-order valence-corrected chi connectivity index (χ1v) is 13.3. The number of amides is 2. The predicted molar refractivity (Wildman–Crippen MR) is 145 cm³/mol. The molecule has 0 radical (unpaired) electrons. The summed E-state index contributed by atoms with van der Waals surface area (Å²) in [6.45, 7) is 5.13. The fraction of sp³-hybridized carbons (Fsp3) is 0.222. The maximum Gasteiger partial charge on any atom is 0.255 e. The molecule has 1 saturated heterocycles. The van der Waals surface area contributed by atoms with Gasteiger partial charge in [-0.05, 0) is 49.4 Å². The minimum absolute atomic E-state index is 0.134. The Morgan fingerprint density at radius 3 is 2.54 bits per heavy atom. The van der Waals surface area contributed by atoms with Crippen molar-refractivity contribution in [3.8, 4) is 0 Å². The summed E-state index contributed by atoms with van der Waals surface area (Å²) in [4.78, 5) is 34.3. The van der Waals surface area contributed by atoms with Crippen LogP contribution in [0.3, 0.4) is 0 Å². The molecule has 6 nitrogen and oxygen atoms in total. The Kier molecular flexibility index (Phi) is 7.01. The molecule has 1 aromatic heterocycles. The van der Waals surface area contributed by atoms with Gasteiger partial charge in [0.15, 0.2) is 4.34 Å². The molecular formula is C27H26N4O2S2. The summed E-state index contributed by atoms with van der Waals surface area (Å²) in [5.74, 6) is 0.389. The second-order valence-electron chi connectivity index (χ2n) is 8.48. The minimum Gasteiger partial charge on any atom is -0.368 e. The van der Waals surface area contributed by atoms with Crippen LogP contribution in [0, 0.1) is 6.92 Å². The van der Waals surface area contributed by atoms with Gasteiger partial charge in [0.05, 0.1) is 16.0 Å². The number of piperazine rings is 1. The third-order valence-electron chi connectivity index (χ3n) is 5.98. The van der Waals surface area contributed by atoms with Crippen molar-refractivity contribution in [3.05, 3.63) is 83.9 Å². The van der Waals surface area contributed by atoms with Gasteiger partial charge in [-0.25, -0.2) is 4.98 Å². The SMILES string of the molecule is Cc1cccc(C(=O)Nc2ccc3nc(SCC(=O)N4CCN(c5ccccc5)CC4)sc3c2)c1. The number of hydrogen-bond acceptors (Lipinski definition) is 6. The third kappa shape index (κ3) is 5.66. The van der Waals surface area contributed by atoms with E-state index in [2.05, 4.69) is 27.3 Å². The van der Waals surface area contributed by atoms with E-state index in [0.717, 1.165) is 52.0 Å². The third-order valence-corrected chi connectivity index (χ3v) is 8.13. The average Bonchev–Trinajstić information content (AvgIpc) is 3.30. The van der Waals surface area contributed by atoms with Crippen LogP contribution in [0.25, 0.3) is 10.2 Å². The molecule has 2 amide bonds. The highest BCUT2D eigenvalue weighted by atomic mass is 32.2. The van der Waals surface area contributed by atoms with Gasteiger partial charge in [0.25, 0.3) is 5.91 Å². The fourth-order valence-corrected chi connectivity index (χ4v) is 6.11. The summed E-state index contributed by atoms with van der Waals surface area (Å²) in [6, 6.07) is 23.6. The van der Waals surface area contributed by atoms with Gasteiger partial charge in [0.1, 0.15) is 0 Å². The van der Waals surface area contributed by atoms with Crippen LogP contribution in [-0.2, 0) is 4.79 Å². The Labute approximate surface area is 213 Å². The summed E-state index contributed by atoms with van der Waals surface area (Å²) in [5, 5.41) is 2.96. The van der Waals surface area contributed by atoms with Crippen LogP contribution in [0.4, 0.5) is 11.4 Å². The van der Waals surface area contributed by atoms with Crippen LogP contribution in [-0.4, -0.2) is 53.6 Å². The molecule has 8 heteroatoms. The average molecular weight is 503 g/mol. The molecule has 5 rings (SSSR count). The summed E-state index contributed by atoms with van der Waals surface area (Å²) in [7, 11) is 0. The second kappa shape index (κ2) is 10.5. The number of nitrogens with one attached hydrogen (secondary N) is 1. The first-order chi connectivity index (χ1) is 17.0. The largest absolute Gasteiger partial charge is 0.368 e. The molecule has 35 heavy (non-hydrogen) atoms. The van der Waals surface area contributed by atoms with Crippen molar-refractivity contribution in [1.29, 1.82) is 0 Å². The molecule has 0 aliphatic carbocycles. The van der Waals surface area contributed by atoms with E-state index in [4.69, 9.17) is 0 Å². The quantitative estimate of drug-likeness (QED) is 0.363. The van der Waals surface area contributed by atoms with Crippen molar-refractivity contribution < 1.29 is 9.59 Å². The van der Waals surface area contributed by atoms with Gasteiger partial charge in [-0.1, -0.05) is 47.7 Å². The number of hydrogen-bond donors (Lipinski definition) is 1. The standard InChI is InChI=1S/C27H26N4O2S2/c1-19-6-5-7-20(16-19)26(33)28-21-10-11-23-24(17-21)35-27(29-23)34-18-25(32)31-14-12-30(13-15-31)22-8-3-2-4-9-22/h2-11,16-17H,12-15,18H2,1H3,(H,28,33). The Hall–Kier alpha value is -3.36. The maximum atomic E-state index is 12.8. The van der Waals surface area contributed by atoms with Gasteiger partial charge >= 0.3 is 0 Å². The van der Waals surface area contributed by atoms with Crippen LogP contribution in [0.15, 0.2) is 77.1 Å². The summed E-state index contributed by atoms with van der Waals surface area (Å²) >= 11 is 3.02. The van der Waals surface area contributed by atoms with Gasteiger partial charge in [-0.15, -0.1) is 11.3 Å². The summed E-state index contributed by atoms with van der Waals surface area (Å²) < 4.78 is 1.84. The molecule has 4 aromatic rings. The van der Waals surface area contributed by atoms with Crippen LogP contribution >= 0.6 is 23.1 Å². The number of rotatable bonds is 6. The van der Waals surface area contributed by atoms with E-state index in [1.807, 2.05) is 66.4 Å². The Morgan fingerprint density at radius 2 is 1.77 bits per heavy atom. The lowest BCUT2D eigenvalue weighted by atomic mass is 10.1. The van der Waals surface area contributed by atoms with E-state index >= 15 is 0 Å². The number of thioether (sulfide) groups is 1.